The van der Waals surface area contributed by atoms with E-state index in [1.165, 1.54) is 12.1 Å². The van der Waals surface area contributed by atoms with Gasteiger partial charge in [-0.05, 0) is 48.4 Å². The van der Waals surface area contributed by atoms with Crippen LogP contribution in [0.5, 0.6) is 0 Å². The zero-order chi connectivity index (χ0) is 14.5. The van der Waals surface area contributed by atoms with Crippen molar-refractivity contribution in [3.8, 4) is 0 Å². The minimum absolute atomic E-state index is 0.0942. The van der Waals surface area contributed by atoms with Crippen LogP contribution in [0.1, 0.15) is 24.1 Å². The Bertz CT molecular complexity index is 589. The van der Waals surface area contributed by atoms with Gasteiger partial charge in [0.1, 0.15) is 11.6 Å². The third kappa shape index (κ3) is 3.77. The lowest BCUT2D eigenvalue weighted by atomic mass is 9.99. The largest absolute Gasteiger partial charge is 0.384 e. The average Bonchev–Trinajstić information content (AvgIpc) is 2.38. The first kappa shape index (κ1) is 14.9. The van der Waals surface area contributed by atoms with E-state index < -0.39 is 0 Å². The Balaban J connectivity index is 2.26. The highest BCUT2D eigenvalue weighted by molar-refractivity contribution is 9.10. The highest BCUT2D eigenvalue weighted by atomic mass is 79.9. The van der Waals surface area contributed by atoms with Gasteiger partial charge < -0.3 is 11.1 Å². The molecule has 0 aliphatic rings. The maximum atomic E-state index is 13.2. The van der Waals surface area contributed by atoms with Gasteiger partial charge in [-0.2, -0.15) is 0 Å². The Morgan fingerprint density at radius 2 is 2.15 bits per heavy atom. The van der Waals surface area contributed by atoms with Crippen LogP contribution in [0.2, 0.25) is 0 Å². The van der Waals surface area contributed by atoms with Gasteiger partial charge >= 0.3 is 0 Å². The van der Waals surface area contributed by atoms with Crippen molar-refractivity contribution < 1.29 is 4.39 Å². The number of pyridine rings is 1. The van der Waals surface area contributed by atoms with E-state index in [1.807, 2.05) is 19.1 Å². The molecular weight excluding hydrogens is 321 g/mol. The number of hydrogen-bond acceptors (Lipinski definition) is 3. The summed E-state index contributed by atoms with van der Waals surface area (Å²) in [5.41, 5.74) is 7.83. The SMILES string of the molecule is CCNC(Cc1ccnc(N)c1)c1ccc(F)cc1Br. The number of hydrogen-bond donors (Lipinski definition) is 2. The number of anilines is 1. The quantitative estimate of drug-likeness (QED) is 0.878. The molecule has 2 aromatic rings. The fraction of sp³-hybridized carbons (Fsp3) is 0.267. The van der Waals surface area contributed by atoms with Gasteiger partial charge in [0.15, 0.2) is 0 Å². The minimum Gasteiger partial charge on any atom is -0.384 e. The van der Waals surface area contributed by atoms with Gasteiger partial charge in [0.2, 0.25) is 0 Å². The molecule has 0 amide bonds. The molecule has 1 aromatic heterocycles. The second-order valence-electron chi connectivity index (χ2n) is 4.57. The van der Waals surface area contributed by atoms with E-state index in [2.05, 4.69) is 26.2 Å². The zero-order valence-electron chi connectivity index (χ0n) is 11.2. The number of nitrogens with zero attached hydrogens (tertiary/aromatic N) is 1. The fourth-order valence-corrected chi connectivity index (χ4v) is 2.81. The van der Waals surface area contributed by atoms with E-state index in [-0.39, 0.29) is 11.9 Å². The lowest BCUT2D eigenvalue weighted by Crippen LogP contribution is -2.23. The number of nitrogens with two attached hydrogens (primary N) is 1. The Hall–Kier alpha value is -1.46. The molecule has 0 bridgehead atoms. The molecule has 3 N–H and O–H groups in total. The second kappa shape index (κ2) is 6.81. The average molecular weight is 338 g/mol. The first-order chi connectivity index (χ1) is 9.60. The number of benzene rings is 1. The van der Waals surface area contributed by atoms with Gasteiger partial charge in [0.05, 0.1) is 0 Å². The van der Waals surface area contributed by atoms with E-state index in [9.17, 15) is 4.39 Å². The van der Waals surface area contributed by atoms with E-state index in [0.717, 1.165) is 28.6 Å². The number of aromatic nitrogens is 1. The van der Waals surface area contributed by atoms with Gasteiger partial charge in [0.25, 0.3) is 0 Å². The second-order valence-corrected chi connectivity index (χ2v) is 5.42. The number of nitrogen functional groups attached to an aromatic ring is 1. The summed E-state index contributed by atoms with van der Waals surface area (Å²) in [7, 11) is 0. The van der Waals surface area contributed by atoms with Crippen LogP contribution in [0.3, 0.4) is 0 Å². The van der Waals surface area contributed by atoms with Crippen molar-refractivity contribution in [3.05, 3.63) is 57.9 Å². The predicted molar refractivity (Wildman–Crippen MR) is 82.9 cm³/mol. The molecule has 0 fully saturated rings. The van der Waals surface area contributed by atoms with Crippen LogP contribution in [0.15, 0.2) is 41.0 Å². The van der Waals surface area contributed by atoms with Crippen molar-refractivity contribution in [2.45, 2.75) is 19.4 Å². The van der Waals surface area contributed by atoms with Crippen molar-refractivity contribution in [1.82, 2.24) is 10.3 Å². The van der Waals surface area contributed by atoms with E-state index in [0.29, 0.717) is 5.82 Å². The van der Waals surface area contributed by atoms with E-state index in [1.54, 1.807) is 12.3 Å². The lowest BCUT2D eigenvalue weighted by molar-refractivity contribution is 0.545. The van der Waals surface area contributed by atoms with Gasteiger partial charge in [-0.25, -0.2) is 9.37 Å². The molecule has 0 aliphatic carbocycles. The molecule has 5 heteroatoms. The number of halogens is 2. The van der Waals surface area contributed by atoms with Crippen LogP contribution in [-0.2, 0) is 6.42 Å². The van der Waals surface area contributed by atoms with Gasteiger partial charge in [0, 0.05) is 16.7 Å². The molecule has 0 saturated carbocycles. The highest BCUT2D eigenvalue weighted by Gasteiger charge is 2.15. The van der Waals surface area contributed by atoms with Crippen LogP contribution >= 0.6 is 15.9 Å². The molecule has 1 atom stereocenters. The van der Waals surface area contributed by atoms with Crippen molar-refractivity contribution in [2.75, 3.05) is 12.3 Å². The summed E-state index contributed by atoms with van der Waals surface area (Å²) in [6.07, 6.45) is 2.47. The van der Waals surface area contributed by atoms with E-state index >= 15 is 0 Å². The van der Waals surface area contributed by atoms with Crippen LogP contribution in [0.25, 0.3) is 0 Å². The highest BCUT2D eigenvalue weighted by Crippen LogP contribution is 2.27. The molecule has 0 saturated heterocycles. The predicted octanol–water partition coefficient (Wildman–Crippen LogP) is 3.46. The summed E-state index contributed by atoms with van der Waals surface area (Å²) in [5, 5.41) is 3.41. The van der Waals surface area contributed by atoms with Gasteiger partial charge in [-0.15, -0.1) is 0 Å². The third-order valence-electron chi connectivity index (χ3n) is 3.07. The van der Waals surface area contributed by atoms with Gasteiger partial charge in [-0.1, -0.05) is 28.9 Å². The maximum absolute atomic E-state index is 13.2. The molecule has 0 aliphatic heterocycles. The summed E-state index contributed by atoms with van der Waals surface area (Å²) in [5.74, 6) is 0.264. The van der Waals surface area contributed by atoms with Gasteiger partial charge in [-0.3, -0.25) is 0 Å². The van der Waals surface area contributed by atoms with Crippen LogP contribution < -0.4 is 11.1 Å². The monoisotopic (exact) mass is 337 g/mol. The Morgan fingerprint density at radius 3 is 2.80 bits per heavy atom. The summed E-state index contributed by atoms with van der Waals surface area (Å²) >= 11 is 3.43. The smallest absolute Gasteiger partial charge is 0.124 e. The minimum atomic E-state index is -0.246. The Kier molecular flexibility index (Phi) is 5.09. The first-order valence-corrected chi connectivity index (χ1v) is 7.28. The van der Waals surface area contributed by atoms with E-state index in [4.69, 9.17) is 5.73 Å². The first-order valence-electron chi connectivity index (χ1n) is 6.49. The number of likely N-dealkylation sites (N-methyl/N-ethyl adjacent to an activating group) is 1. The Morgan fingerprint density at radius 1 is 1.35 bits per heavy atom. The van der Waals surface area contributed by atoms with Crippen molar-refractivity contribution in [3.63, 3.8) is 0 Å². The van der Waals surface area contributed by atoms with Crippen molar-refractivity contribution >= 4 is 21.7 Å². The molecule has 1 unspecified atom stereocenters. The normalized spacial score (nSPS) is 12.3. The summed E-state index contributed by atoms with van der Waals surface area (Å²) < 4.78 is 14.0. The molecule has 0 radical (unpaired) electrons. The summed E-state index contributed by atoms with van der Waals surface area (Å²) in [6.45, 7) is 2.88. The Labute approximate surface area is 126 Å². The molecule has 3 nitrogen and oxygen atoms in total. The zero-order valence-corrected chi connectivity index (χ0v) is 12.8. The standard InChI is InChI=1S/C15H17BrFN3/c1-2-19-14(7-10-5-6-20-15(18)8-10)12-4-3-11(17)9-13(12)16/h3-6,8-9,14,19H,2,7H2,1H3,(H2,18,20). The number of rotatable bonds is 5. The molecule has 20 heavy (non-hydrogen) atoms. The van der Waals surface area contributed by atoms with Crippen molar-refractivity contribution in [1.29, 1.82) is 0 Å². The number of nitrogens with one attached hydrogen (secondary N) is 1. The molecule has 1 heterocycles. The maximum Gasteiger partial charge on any atom is 0.124 e. The topological polar surface area (TPSA) is 50.9 Å². The molecule has 106 valence electrons. The van der Waals surface area contributed by atoms with Crippen LogP contribution in [0, 0.1) is 5.82 Å². The van der Waals surface area contributed by atoms with Crippen molar-refractivity contribution in [2.24, 2.45) is 0 Å². The van der Waals surface area contributed by atoms with Crippen LogP contribution in [0.4, 0.5) is 10.2 Å². The molecular formula is C15H17BrFN3. The molecule has 1 aromatic carbocycles. The summed E-state index contributed by atoms with van der Waals surface area (Å²) in [4.78, 5) is 3.99. The summed E-state index contributed by atoms with van der Waals surface area (Å²) in [6, 6.07) is 8.67. The fourth-order valence-electron chi connectivity index (χ4n) is 2.18. The van der Waals surface area contributed by atoms with Crippen LogP contribution in [-0.4, -0.2) is 11.5 Å². The molecule has 0 spiro atoms. The molecule has 2 rings (SSSR count). The lowest BCUT2D eigenvalue weighted by Gasteiger charge is -2.20. The third-order valence-corrected chi connectivity index (χ3v) is 3.76.